The third-order valence-corrected chi connectivity index (χ3v) is 3.06. The molecule has 1 rings (SSSR count). The average Bonchev–Trinajstić information content (AvgIpc) is 2.51. The molecule has 0 radical (unpaired) electrons. The van der Waals surface area contributed by atoms with Gasteiger partial charge in [0.15, 0.2) is 0 Å². The van der Waals surface area contributed by atoms with Gasteiger partial charge >= 0.3 is 0 Å². The molecule has 1 aromatic rings. The van der Waals surface area contributed by atoms with Gasteiger partial charge in [-0.1, -0.05) is 11.6 Å². The minimum absolute atomic E-state index is 0.176. The van der Waals surface area contributed by atoms with Crippen LogP contribution in [0.1, 0.15) is 11.8 Å². The summed E-state index contributed by atoms with van der Waals surface area (Å²) in [5.41, 5.74) is 0. The van der Waals surface area contributed by atoms with E-state index >= 15 is 0 Å². The lowest BCUT2D eigenvalue weighted by Gasteiger charge is -2.08. The van der Waals surface area contributed by atoms with E-state index in [1.807, 2.05) is 19.1 Å². The molecule has 1 heterocycles. The van der Waals surface area contributed by atoms with Gasteiger partial charge in [0.2, 0.25) is 0 Å². The molecule has 0 aliphatic heterocycles. The second-order valence-corrected chi connectivity index (χ2v) is 4.79. The van der Waals surface area contributed by atoms with Gasteiger partial charge in [-0.2, -0.15) is 0 Å². The summed E-state index contributed by atoms with van der Waals surface area (Å²) < 4.78 is 0.838. The van der Waals surface area contributed by atoms with Crippen molar-refractivity contribution in [2.75, 3.05) is 13.2 Å². The van der Waals surface area contributed by atoms with Crippen LogP contribution in [0.5, 0.6) is 0 Å². The minimum Gasteiger partial charge on any atom is -0.395 e. The van der Waals surface area contributed by atoms with Crippen molar-refractivity contribution in [3.8, 4) is 0 Å². The molecule has 1 aromatic heterocycles. The van der Waals surface area contributed by atoms with Crippen LogP contribution in [-0.2, 0) is 6.42 Å². The zero-order chi connectivity index (χ0) is 9.68. The number of thiophene rings is 1. The Morgan fingerprint density at radius 3 is 2.92 bits per heavy atom. The van der Waals surface area contributed by atoms with Gasteiger partial charge in [-0.25, -0.2) is 0 Å². The lowest BCUT2D eigenvalue weighted by atomic mass is 10.3. The number of aliphatic hydroxyl groups is 1. The SMILES string of the molecule is CC(CO)NCCc1ccc(Cl)s1. The fraction of sp³-hybridized carbons (Fsp3) is 0.556. The summed E-state index contributed by atoms with van der Waals surface area (Å²) in [6, 6.07) is 4.13. The Morgan fingerprint density at radius 2 is 2.38 bits per heavy atom. The molecule has 1 unspecified atom stereocenters. The van der Waals surface area contributed by atoms with Crippen LogP contribution in [0.4, 0.5) is 0 Å². The van der Waals surface area contributed by atoms with E-state index in [2.05, 4.69) is 5.32 Å². The summed E-state index contributed by atoms with van der Waals surface area (Å²) in [7, 11) is 0. The highest BCUT2D eigenvalue weighted by atomic mass is 35.5. The van der Waals surface area contributed by atoms with E-state index in [-0.39, 0.29) is 12.6 Å². The number of hydrogen-bond donors (Lipinski definition) is 2. The second-order valence-electron chi connectivity index (χ2n) is 2.99. The molecule has 2 nitrogen and oxygen atoms in total. The monoisotopic (exact) mass is 219 g/mol. The maximum Gasteiger partial charge on any atom is 0.0931 e. The quantitative estimate of drug-likeness (QED) is 0.793. The van der Waals surface area contributed by atoms with E-state index in [0.717, 1.165) is 17.3 Å². The number of aliphatic hydroxyl groups excluding tert-OH is 1. The highest BCUT2D eigenvalue weighted by molar-refractivity contribution is 7.16. The fourth-order valence-electron chi connectivity index (χ4n) is 0.992. The first kappa shape index (κ1) is 11.0. The minimum atomic E-state index is 0.176. The van der Waals surface area contributed by atoms with Gasteiger partial charge in [-0.05, 0) is 25.5 Å². The summed E-state index contributed by atoms with van der Waals surface area (Å²) in [4.78, 5) is 1.28. The number of hydrogen-bond acceptors (Lipinski definition) is 3. The van der Waals surface area contributed by atoms with Gasteiger partial charge in [-0.3, -0.25) is 0 Å². The van der Waals surface area contributed by atoms with Crippen molar-refractivity contribution < 1.29 is 5.11 Å². The normalized spacial score (nSPS) is 13.2. The molecular weight excluding hydrogens is 206 g/mol. The van der Waals surface area contributed by atoms with Crippen molar-refractivity contribution in [1.82, 2.24) is 5.32 Å². The lowest BCUT2D eigenvalue weighted by Crippen LogP contribution is -2.30. The third-order valence-electron chi connectivity index (χ3n) is 1.77. The van der Waals surface area contributed by atoms with Crippen molar-refractivity contribution >= 4 is 22.9 Å². The molecule has 1 atom stereocenters. The van der Waals surface area contributed by atoms with Crippen molar-refractivity contribution in [3.63, 3.8) is 0 Å². The van der Waals surface area contributed by atoms with Gasteiger partial charge in [0.1, 0.15) is 0 Å². The number of rotatable bonds is 5. The first-order chi connectivity index (χ1) is 6.22. The third kappa shape index (κ3) is 4.09. The molecule has 13 heavy (non-hydrogen) atoms. The maximum atomic E-state index is 8.76. The Bertz CT molecular complexity index is 252. The molecule has 0 bridgehead atoms. The molecule has 0 spiro atoms. The van der Waals surface area contributed by atoms with Gasteiger partial charge in [0, 0.05) is 17.5 Å². The zero-order valence-corrected chi connectivity index (χ0v) is 9.16. The Morgan fingerprint density at radius 1 is 1.62 bits per heavy atom. The van der Waals surface area contributed by atoms with Gasteiger partial charge in [-0.15, -0.1) is 11.3 Å². The van der Waals surface area contributed by atoms with Gasteiger partial charge < -0.3 is 10.4 Å². The van der Waals surface area contributed by atoms with Crippen molar-refractivity contribution in [3.05, 3.63) is 21.3 Å². The van der Waals surface area contributed by atoms with Crippen LogP contribution in [0.15, 0.2) is 12.1 Å². The molecule has 0 aromatic carbocycles. The van der Waals surface area contributed by atoms with Crippen molar-refractivity contribution in [2.24, 2.45) is 0 Å². The molecule has 0 saturated carbocycles. The van der Waals surface area contributed by atoms with Crippen LogP contribution in [0.25, 0.3) is 0 Å². The van der Waals surface area contributed by atoms with E-state index in [9.17, 15) is 0 Å². The Hall–Kier alpha value is -0.0900. The molecular formula is C9H14ClNOS. The average molecular weight is 220 g/mol. The molecule has 0 aliphatic rings. The Balaban J connectivity index is 2.20. The smallest absolute Gasteiger partial charge is 0.0931 e. The highest BCUT2D eigenvalue weighted by Crippen LogP contribution is 2.21. The molecule has 0 fully saturated rings. The predicted molar refractivity (Wildman–Crippen MR) is 57.6 cm³/mol. The highest BCUT2D eigenvalue weighted by Gasteiger charge is 2.00. The number of nitrogens with one attached hydrogen (secondary N) is 1. The standard InChI is InChI=1S/C9H14ClNOS/c1-7(6-12)11-5-4-8-2-3-9(10)13-8/h2-3,7,11-12H,4-6H2,1H3. The summed E-state index contributed by atoms with van der Waals surface area (Å²) in [5, 5.41) is 12.0. The van der Waals surface area contributed by atoms with Crippen molar-refractivity contribution in [1.29, 1.82) is 0 Å². The summed E-state index contributed by atoms with van der Waals surface area (Å²) >= 11 is 7.40. The van der Waals surface area contributed by atoms with Gasteiger partial charge in [0.05, 0.1) is 10.9 Å². The topological polar surface area (TPSA) is 32.3 Å². The van der Waals surface area contributed by atoms with E-state index < -0.39 is 0 Å². The van der Waals surface area contributed by atoms with Crippen LogP contribution in [0, 0.1) is 0 Å². The molecule has 74 valence electrons. The van der Waals surface area contributed by atoms with E-state index in [1.54, 1.807) is 11.3 Å². The molecule has 4 heteroatoms. The Labute approximate surface area is 87.5 Å². The fourth-order valence-corrected chi connectivity index (χ4v) is 2.08. The van der Waals surface area contributed by atoms with Gasteiger partial charge in [0.25, 0.3) is 0 Å². The van der Waals surface area contributed by atoms with Crippen LogP contribution >= 0.6 is 22.9 Å². The first-order valence-electron chi connectivity index (χ1n) is 4.31. The summed E-state index contributed by atoms with van der Waals surface area (Å²) in [5.74, 6) is 0. The largest absolute Gasteiger partial charge is 0.395 e. The zero-order valence-electron chi connectivity index (χ0n) is 7.59. The van der Waals surface area contributed by atoms with E-state index in [1.165, 1.54) is 4.88 Å². The van der Waals surface area contributed by atoms with Crippen molar-refractivity contribution in [2.45, 2.75) is 19.4 Å². The van der Waals surface area contributed by atoms with Crippen LogP contribution in [0.3, 0.4) is 0 Å². The predicted octanol–water partition coefficient (Wildman–Crippen LogP) is 1.91. The maximum absolute atomic E-state index is 8.76. The summed E-state index contributed by atoms with van der Waals surface area (Å²) in [6.45, 7) is 3.03. The molecule has 2 N–H and O–H groups in total. The number of halogens is 1. The van der Waals surface area contributed by atoms with Crippen LogP contribution < -0.4 is 5.32 Å². The Kier molecular flexibility index (Phi) is 4.73. The molecule has 0 saturated heterocycles. The first-order valence-corrected chi connectivity index (χ1v) is 5.50. The van der Waals surface area contributed by atoms with E-state index in [0.29, 0.717) is 0 Å². The lowest BCUT2D eigenvalue weighted by molar-refractivity contribution is 0.252. The van der Waals surface area contributed by atoms with Crippen LogP contribution in [0.2, 0.25) is 4.34 Å². The van der Waals surface area contributed by atoms with Crippen LogP contribution in [-0.4, -0.2) is 24.3 Å². The molecule has 0 aliphatic carbocycles. The second kappa shape index (κ2) is 5.60. The van der Waals surface area contributed by atoms with E-state index in [4.69, 9.17) is 16.7 Å². The molecule has 0 amide bonds. The summed E-state index contributed by atoms with van der Waals surface area (Å²) in [6.07, 6.45) is 0.974.